The molecule has 0 atom stereocenters. The number of rotatable bonds is 4. The smallest absolute Gasteiger partial charge is 0.159 e. The van der Waals surface area contributed by atoms with Crippen LogP contribution in [0.3, 0.4) is 0 Å². The minimum Gasteiger partial charge on any atom is -0.456 e. The average Bonchev–Trinajstić information content (AvgIpc) is 3.47. The molecule has 0 saturated heterocycles. The number of hydrogen-bond donors (Lipinski definition) is 2. The zero-order valence-corrected chi connectivity index (χ0v) is 20.3. The van der Waals surface area contributed by atoms with Crippen LogP contribution in [0.4, 0.5) is 17.1 Å². The molecule has 4 nitrogen and oxygen atoms in total. The van der Waals surface area contributed by atoms with E-state index in [9.17, 15) is 0 Å². The standard InChI is InChI=1S/C33H24N2O2/c1-20-8-2-3-9-23(20)33-32(35-28-12-6-5-11-27(28)34)26-19-22(15-17-31(26)37-33)21-14-16-30-25(18-21)24-10-4-7-13-29(24)36-30/h2-19,35H,34H2,1H3. The second-order valence-electron chi connectivity index (χ2n) is 9.35. The van der Waals surface area contributed by atoms with E-state index in [1.165, 1.54) is 0 Å². The summed E-state index contributed by atoms with van der Waals surface area (Å²) in [5, 5.41) is 6.81. The summed E-state index contributed by atoms with van der Waals surface area (Å²) in [4.78, 5) is 0. The van der Waals surface area contributed by atoms with Crippen molar-refractivity contribution >= 4 is 50.0 Å². The maximum Gasteiger partial charge on any atom is 0.159 e. The molecule has 0 aliphatic carbocycles. The van der Waals surface area contributed by atoms with Crippen LogP contribution in [0.15, 0.2) is 118 Å². The lowest BCUT2D eigenvalue weighted by Gasteiger charge is -2.11. The predicted octanol–water partition coefficient (Wildman–Crippen LogP) is 9.30. The Bertz CT molecular complexity index is 1940. The van der Waals surface area contributed by atoms with E-state index in [-0.39, 0.29) is 0 Å². The monoisotopic (exact) mass is 480 g/mol. The number of nitrogens with one attached hydrogen (secondary N) is 1. The number of fused-ring (bicyclic) bond motifs is 4. The van der Waals surface area contributed by atoms with E-state index in [1.807, 2.05) is 66.7 Å². The zero-order valence-electron chi connectivity index (χ0n) is 20.3. The van der Waals surface area contributed by atoms with E-state index in [4.69, 9.17) is 14.6 Å². The number of aryl methyl sites for hydroxylation is 1. The fourth-order valence-corrected chi connectivity index (χ4v) is 5.07. The molecule has 178 valence electrons. The van der Waals surface area contributed by atoms with Crippen LogP contribution in [0, 0.1) is 6.92 Å². The van der Waals surface area contributed by atoms with Crippen molar-refractivity contribution in [2.24, 2.45) is 0 Å². The lowest BCUT2D eigenvalue weighted by molar-refractivity contribution is 0.632. The molecule has 0 aliphatic heterocycles. The quantitative estimate of drug-likeness (QED) is 0.246. The second kappa shape index (κ2) is 8.32. The molecular weight excluding hydrogens is 456 g/mol. The third kappa shape index (κ3) is 3.54. The Morgan fingerprint density at radius 3 is 2.05 bits per heavy atom. The molecule has 7 aromatic rings. The first-order valence-corrected chi connectivity index (χ1v) is 12.3. The van der Waals surface area contributed by atoms with E-state index in [0.717, 1.165) is 72.3 Å². The maximum atomic E-state index is 6.47. The van der Waals surface area contributed by atoms with Crippen LogP contribution >= 0.6 is 0 Å². The lowest BCUT2D eigenvalue weighted by atomic mass is 10.00. The van der Waals surface area contributed by atoms with Gasteiger partial charge in [-0.25, -0.2) is 0 Å². The summed E-state index contributed by atoms with van der Waals surface area (Å²) in [7, 11) is 0. The first-order valence-electron chi connectivity index (χ1n) is 12.3. The Kier molecular flexibility index (Phi) is 4.79. The second-order valence-corrected chi connectivity index (χ2v) is 9.35. The summed E-state index contributed by atoms with van der Waals surface area (Å²) in [5.41, 5.74) is 15.7. The van der Waals surface area contributed by atoms with Crippen molar-refractivity contribution in [3.8, 4) is 22.5 Å². The maximum absolute atomic E-state index is 6.47. The number of para-hydroxylation sites is 3. The molecule has 37 heavy (non-hydrogen) atoms. The SMILES string of the molecule is Cc1ccccc1-c1oc2ccc(-c3ccc4oc5ccccc5c4c3)cc2c1Nc1ccccc1N. The summed E-state index contributed by atoms with van der Waals surface area (Å²) in [6.07, 6.45) is 0. The molecule has 0 unspecified atom stereocenters. The van der Waals surface area contributed by atoms with Gasteiger partial charge in [0.15, 0.2) is 5.76 Å². The number of nitrogens with two attached hydrogens (primary N) is 1. The minimum absolute atomic E-state index is 0.682. The molecule has 0 radical (unpaired) electrons. The Hall–Kier alpha value is -4.96. The Labute approximate surface area is 213 Å². The largest absolute Gasteiger partial charge is 0.456 e. The van der Waals surface area contributed by atoms with E-state index >= 15 is 0 Å². The third-order valence-corrected chi connectivity index (χ3v) is 7.01. The van der Waals surface area contributed by atoms with Crippen LogP contribution in [0.2, 0.25) is 0 Å². The van der Waals surface area contributed by atoms with Crippen LogP contribution in [0.1, 0.15) is 5.56 Å². The highest BCUT2D eigenvalue weighted by molar-refractivity contribution is 6.07. The minimum atomic E-state index is 0.682. The summed E-state index contributed by atoms with van der Waals surface area (Å²) < 4.78 is 12.5. The van der Waals surface area contributed by atoms with Crippen LogP contribution in [0.5, 0.6) is 0 Å². The summed E-state index contributed by atoms with van der Waals surface area (Å²) in [6, 6.07) is 36.9. The van der Waals surface area contributed by atoms with Gasteiger partial charge in [0, 0.05) is 21.7 Å². The first-order chi connectivity index (χ1) is 18.2. The van der Waals surface area contributed by atoms with Crippen molar-refractivity contribution in [3.05, 3.63) is 115 Å². The number of benzene rings is 5. The molecule has 0 bridgehead atoms. The highest BCUT2D eigenvalue weighted by Crippen LogP contribution is 2.43. The molecule has 4 heteroatoms. The lowest BCUT2D eigenvalue weighted by Crippen LogP contribution is -1.97. The topological polar surface area (TPSA) is 64.3 Å². The van der Waals surface area contributed by atoms with E-state index in [1.54, 1.807) is 0 Å². The van der Waals surface area contributed by atoms with Gasteiger partial charge in [-0.15, -0.1) is 0 Å². The van der Waals surface area contributed by atoms with Gasteiger partial charge in [-0.1, -0.05) is 66.7 Å². The van der Waals surface area contributed by atoms with Gasteiger partial charge in [-0.2, -0.15) is 0 Å². The van der Waals surface area contributed by atoms with Crippen molar-refractivity contribution in [2.75, 3.05) is 11.1 Å². The highest BCUT2D eigenvalue weighted by Gasteiger charge is 2.19. The fraction of sp³-hybridized carbons (Fsp3) is 0.0303. The third-order valence-electron chi connectivity index (χ3n) is 7.01. The molecule has 0 fully saturated rings. The van der Waals surface area contributed by atoms with Crippen LogP contribution < -0.4 is 11.1 Å². The van der Waals surface area contributed by atoms with Crippen LogP contribution in [-0.2, 0) is 0 Å². The normalized spacial score (nSPS) is 11.5. The molecule has 0 amide bonds. The molecule has 3 N–H and O–H groups in total. The molecular formula is C33H24N2O2. The van der Waals surface area contributed by atoms with Crippen molar-refractivity contribution in [2.45, 2.75) is 6.92 Å². The molecule has 0 spiro atoms. The summed E-state index contributed by atoms with van der Waals surface area (Å²) in [5.74, 6) is 0.796. The molecule has 0 aliphatic rings. The Morgan fingerprint density at radius 2 is 1.24 bits per heavy atom. The van der Waals surface area contributed by atoms with Gasteiger partial charge in [0.25, 0.3) is 0 Å². The predicted molar refractivity (Wildman–Crippen MR) is 153 cm³/mol. The van der Waals surface area contributed by atoms with Gasteiger partial charge in [-0.3, -0.25) is 0 Å². The Balaban J connectivity index is 1.43. The van der Waals surface area contributed by atoms with E-state index < -0.39 is 0 Å². The van der Waals surface area contributed by atoms with Gasteiger partial charge < -0.3 is 19.9 Å². The summed E-state index contributed by atoms with van der Waals surface area (Å²) >= 11 is 0. The van der Waals surface area contributed by atoms with Crippen molar-refractivity contribution < 1.29 is 8.83 Å². The van der Waals surface area contributed by atoms with Crippen LogP contribution in [0.25, 0.3) is 55.4 Å². The molecule has 5 aromatic carbocycles. The molecule has 0 saturated carbocycles. The van der Waals surface area contributed by atoms with Gasteiger partial charge in [0.05, 0.1) is 17.1 Å². The zero-order chi connectivity index (χ0) is 24.9. The van der Waals surface area contributed by atoms with E-state index in [0.29, 0.717) is 5.69 Å². The first kappa shape index (κ1) is 21.3. The van der Waals surface area contributed by atoms with Gasteiger partial charge in [0.2, 0.25) is 0 Å². The highest BCUT2D eigenvalue weighted by atomic mass is 16.3. The summed E-state index contributed by atoms with van der Waals surface area (Å²) in [6.45, 7) is 2.10. The molecule has 7 rings (SSSR count). The molecule has 2 heterocycles. The van der Waals surface area contributed by atoms with Crippen molar-refractivity contribution in [1.82, 2.24) is 0 Å². The van der Waals surface area contributed by atoms with Gasteiger partial charge in [0.1, 0.15) is 16.7 Å². The number of nitrogen functional groups attached to an aromatic ring is 1. The number of hydrogen-bond acceptors (Lipinski definition) is 4. The van der Waals surface area contributed by atoms with Crippen molar-refractivity contribution in [3.63, 3.8) is 0 Å². The average molecular weight is 481 g/mol. The van der Waals surface area contributed by atoms with Crippen LogP contribution in [-0.4, -0.2) is 0 Å². The Morgan fingerprint density at radius 1 is 0.595 bits per heavy atom. The number of furan rings is 2. The van der Waals surface area contributed by atoms with Gasteiger partial charge >= 0.3 is 0 Å². The number of anilines is 3. The fourth-order valence-electron chi connectivity index (χ4n) is 5.07. The van der Waals surface area contributed by atoms with E-state index in [2.05, 4.69) is 54.7 Å². The molecule has 2 aromatic heterocycles. The van der Waals surface area contributed by atoms with Crippen molar-refractivity contribution in [1.29, 1.82) is 0 Å². The van der Waals surface area contributed by atoms with Gasteiger partial charge in [-0.05, 0) is 66.1 Å².